The van der Waals surface area contributed by atoms with E-state index in [0.717, 1.165) is 0 Å². The van der Waals surface area contributed by atoms with Crippen molar-refractivity contribution >= 4 is 21.8 Å². The highest BCUT2D eigenvalue weighted by Crippen LogP contribution is 2.41. The molecule has 0 saturated carbocycles. The fourth-order valence-electron chi connectivity index (χ4n) is 4.23. The molecule has 4 rings (SSSR count). The van der Waals surface area contributed by atoms with E-state index in [1.54, 1.807) is 22.9 Å². The van der Waals surface area contributed by atoms with Crippen LogP contribution in [0.2, 0.25) is 0 Å². The Hall–Kier alpha value is -3.58. The zero-order valence-electron chi connectivity index (χ0n) is 18.5. The normalized spacial score (nSPS) is 22.5. The second kappa shape index (κ2) is 8.89. The molecule has 3 N–H and O–H groups in total. The molecule has 0 aromatic heterocycles. The third kappa shape index (κ3) is 4.44. The van der Waals surface area contributed by atoms with E-state index in [4.69, 9.17) is 4.74 Å². The molecule has 1 saturated heterocycles. The van der Waals surface area contributed by atoms with Crippen molar-refractivity contribution in [2.45, 2.75) is 36.1 Å². The number of halogens is 3. The maximum Gasteiger partial charge on any atom is 0.406 e. The van der Waals surface area contributed by atoms with Crippen molar-refractivity contribution in [2.75, 3.05) is 7.11 Å². The largest absolute Gasteiger partial charge is 0.495 e. The van der Waals surface area contributed by atoms with Gasteiger partial charge in [-0.1, -0.05) is 42.5 Å². The topological polar surface area (TPSA) is 117 Å². The minimum absolute atomic E-state index is 0.0356. The van der Waals surface area contributed by atoms with Crippen LogP contribution in [0.1, 0.15) is 18.4 Å². The highest BCUT2D eigenvalue weighted by Gasteiger charge is 2.58. The van der Waals surface area contributed by atoms with Crippen molar-refractivity contribution < 1.29 is 35.9 Å². The zero-order valence-corrected chi connectivity index (χ0v) is 19.3. The van der Waals surface area contributed by atoms with Crippen LogP contribution in [0.4, 0.5) is 13.2 Å². The first-order valence-electron chi connectivity index (χ1n) is 10.3. The van der Waals surface area contributed by atoms with Crippen LogP contribution in [0, 0.1) is 0 Å². The van der Waals surface area contributed by atoms with Gasteiger partial charge in [0.15, 0.2) is 0 Å². The lowest BCUT2D eigenvalue weighted by Crippen LogP contribution is -2.57. The number of hydrogen-bond acceptors (Lipinski definition) is 7. The lowest BCUT2D eigenvalue weighted by molar-refractivity contribution is -0.161. The van der Waals surface area contributed by atoms with Crippen molar-refractivity contribution in [3.05, 3.63) is 71.4 Å². The summed E-state index contributed by atoms with van der Waals surface area (Å²) < 4.78 is 74.0. The average molecular weight is 510 g/mol. The maximum absolute atomic E-state index is 13.9. The van der Waals surface area contributed by atoms with Gasteiger partial charge in [0.05, 0.1) is 13.0 Å². The van der Waals surface area contributed by atoms with Crippen LogP contribution in [0.5, 0.6) is 5.75 Å². The van der Waals surface area contributed by atoms with Crippen molar-refractivity contribution in [1.82, 2.24) is 20.5 Å². The molecule has 35 heavy (non-hydrogen) atoms. The van der Waals surface area contributed by atoms with Gasteiger partial charge in [0.1, 0.15) is 28.4 Å². The van der Waals surface area contributed by atoms with Crippen LogP contribution >= 0.6 is 0 Å². The van der Waals surface area contributed by atoms with E-state index in [9.17, 15) is 31.2 Å². The van der Waals surface area contributed by atoms with Gasteiger partial charge in [0.25, 0.3) is 21.8 Å². The van der Waals surface area contributed by atoms with Crippen LogP contribution in [-0.4, -0.2) is 50.7 Å². The number of hydrogen-bond donors (Lipinski definition) is 3. The summed E-state index contributed by atoms with van der Waals surface area (Å²) in [6.07, 6.45) is -5.89. The van der Waals surface area contributed by atoms with Gasteiger partial charge < -0.3 is 10.1 Å². The summed E-state index contributed by atoms with van der Waals surface area (Å²) in [6.45, 7) is 1.32. The second-order valence-corrected chi connectivity index (χ2v) is 9.59. The molecular weight excluding hydrogens is 489 g/mol. The molecule has 2 aliphatic heterocycles. The number of methoxy groups -OCH3 is 1. The van der Waals surface area contributed by atoms with Gasteiger partial charge in [-0.2, -0.15) is 13.2 Å². The van der Waals surface area contributed by atoms with Crippen LogP contribution in [0.25, 0.3) is 0 Å². The van der Waals surface area contributed by atoms with E-state index in [0.29, 0.717) is 10.6 Å². The van der Waals surface area contributed by atoms with Gasteiger partial charge in [0, 0.05) is 5.70 Å². The monoisotopic (exact) mass is 510 g/mol. The third-order valence-corrected chi connectivity index (χ3v) is 7.15. The van der Waals surface area contributed by atoms with E-state index in [2.05, 4.69) is 10.7 Å². The quantitative estimate of drug-likeness (QED) is 0.525. The number of rotatable bonds is 5. The van der Waals surface area contributed by atoms with Crippen LogP contribution < -0.4 is 20.2 Å². The predicted octanol–water partition coefficient (Wildman–Crippen LogP) is 1.76. The van der Waals surface area contributed by atoms with Gasteiger partial charge in [0.2, 0.25) is 0 Å². The number of benzene rings is 2. The molecular formula is C22H21F3N4O5S. The molecule has 3 unspecified atom stereocenters. The number of hydrazine groups is 1. The number of carbonyl (C=O) groups is 2. The Labute approximate surface area is 199 Å². The van der Waals surface area contributed by atoms with E-state index >= 15 is 0 Å². The highest BCUT2D eigenvalue weighted by molar-refractivity contribution is 7.90. The number of para-hydroxylation sites is 1. The molecule has 2 amide bonds. The number of sulfonamides is 1. The van der Waals surface area contributed by atoms with E-state index < -0.39 is 51.7 Å². The van der Waals surface area contributed by atoms with E-state index in [1.165, 1.54) is 50.4 Å². The number of nitrogens with one attached hydrogen (secondary N) is 3. The molecule has 2 heterocycles. The summed E-state index contributed by atoms with van der Waals surface area (Å²) in [5.74, 6) is -3.65. The molecule has 13 heteroatoms. The molecule has 0 aliphatic carbocycles. The minimum Gasteiger partial charge on any atom is -0.495 e. The molecule has 0 radical (unpaired) electrons. The average Bonchev–Trinajstić information content (AvgIpc) is 3.19. The van der Waals surface area contributed by atoms with Crippen LogP contribution in [0.3, 0.4) is 0 Å². The van der Waals surface area contributed by atoms with Crippen molar-refractivity contribution in [2.24, 2.45) is 0 Å². The van der Waals surface area contributed by atoms with Gasteiger partial charge in [-0.25, -0.2) is 23.6 Å². The first-order chi connectivity index (χ1) is 16.5. The number of nitrogens with zero attached hydrogens (tertiary/aromatic N) is 1. The molecule has 2 aromatic carbocycles. The summed E-state index contributed by atoms with van der Waals surface area (Å²) in [5.41, 5.74) is 1.79. The Kier molecular flexibility index (Phi) is 6.23. The first kappa shape index (κ1) is 24.5. The van der Waals surface area contributed by atoms with Crippen LogP contribution in [-0.2, 0) is 19.6 Å². The fraction of sp³-hybridized carbons (Fsp3) is 0.273. The standard InChI is InChI=1S/C22H21F3N4O5S/c1-12-16(20(30)28-35(32,33)15-11-7-6-10-14(15)34-2)21(31)29-19(26-12)17(13-8-4-3-5-9-13)18(27-29)22(23,24)25/h3-11,17-19,26-27H,1-2H3,(H,28,30). The zero-order chi connectivity index (χ0) is 25.5. The van der Waals surface area contributed by atoms with Crippen LogP contribution in [0.15, 0.2) is 70.8 Å². The van der Waals surface area contributed by atoms with Crippen molar-refractivity contribution in [1.29, 1.82) is 0 Å². The SMILES string of the molecule is COc1ccccc1S(=O)(=O)NC(=O)C1=C(C)NC2C(c3ccccc3)C(C(F)(F)F)NN2C1=O. The highest BCUT2D eigenvalue weighted by atomic mass is 32.2. The first-order valence-corrected chi connectivity index (χ1v) is 11.8. The van der Waals surface area contributed by atoms with Crippen molar-refractivity contribution in [3.63, 3.8) is 0 Å². The molecule has 9 nitrogen and oxygen atoms in total. The van der Waals surface area contributed by atoms with E-state index in [1.807, 2.05) is 0 Å². The molecule has 1 fully saturated rings. The molecule has 2 aromatic rings. The Balaban J connectivity index is 1.67. The Morgan fingerprint density at radius 3 is 2.34 bits per heavy atom. The summed E-state index contributed by atoms with van der Waals surface area (Å²) in [6, 6.07) is 11.2. The summed E-state index contributed by atoms with van der Waals surface area (Å²) >= 11 is 0. The third-order valence-electron chi connectivity index (χ3n) is 5.78. The Morgan fingerprint density at radius 1 is 1.09 bits per heavy atom. The fourth-order valence-corrected chi connectivity index (χ4v) is 5.36. The van der Waals surface area contributed by atoms with Gasteiger partial charge in [-0.3, -0.25) is 9.59 Å². The predicted molar refractivity (Wildman–Crippen MR) is 117 cm³/mol. The number of allylic oxidation sites excluding steroid dienone is 1. The molecule has 0 bridgehead atoms. The summed E-state index contributed by atoms with van der Waals surface area (Å²) in [7, 11) is -3.22. The van der Waals surface area contributed by atoms with Gasteiger partial charge in [-0.05, 0) is 24.6 Å². The number of amides is 2. The van der Waals surface area contributed by atoms with E-state index in [-0.39, 0.29) is 16.3 Å². The lowest BCUT2D eigenvalue weighted by atomic mass is 9.89. The smallest absolute Gasteiger partial charge is 0.406 e. The maximum atomic E-state index is 13.9. The number of alkyl halides is 3. The Morgan fingerprint density at radius 2 is 1.71 bits per heavy atom. The molecule has 186 valence electrons. The molecule has 3 atom stereocenters. The Bertz CT molecular complexity index is 1300. The number of ether oxygens (including phenoxy) is 1. The van der Waals surface area contributed by atoms with Gasteiger partial charge in [-0.15, -0.1) is 0 Å². The lowest BCUT2D eigenvalue weighted by Gasteiger charge is -2.34. The molecule has 0 spiro atoms. The number of carbonyl (C=O) groups excluding carboxylic acids is 2. The summed E-state index contributed by atoms with van der Waals surface area (Å²) in [4.78, 5) is 25.7. The second-order valence-electron chi connectivity index (χ2n) is 7.93. The van der Waals surface area contributed by atoms with Crippen molar-refractivity contribution in [3.8, 4) is 5.75 Å². The minimum atomic E-state index is -4.72. The summed E-state index contributed by atoms with van der Waals surface area (Å²) in [5, 5.41) is 3.47. The number of fused-ring (bicyclic) bond motifs is 1. The molecule has 2 aliphatic rings. The van der Waals surface area contributed by atoms with Gasteiger partial charge >= 0.3 is 6.18 Å².